The highest BCUT2D eigenvalue weighted by Crippen LogP contribution is 2.46. The van der Waals surface area contributed by atoms with Gasteiger partial charge in [-0.05, 0) is 89.2 Å². The predicted octanol–water partition coefficient (Wildman–Crippen LogP) is 5.78. The van der Waals surface area contributed by atoms with Crippen LogP contribution in [0.3, 0.4) is 0 Å². The fourth-order valence-electron chi connectivity index (χ4n) is 4.46. The number of hydrogen-bond acceptors (Lipinski definition) is 6. The van der Waals surface area contributed by atoms with Gasteiger partial charge in [0.25, 0.3) is 0 Å². The molecule has 1 heterocycles. The van der Waals surface area contributed by atoms with Crippen LogP contribution in [0.1, 0.15) is 35.6 Å². The van der Waals surface area contributed by atoms with Crippen LogP contribution in [0.4, 0.5) is 5.69 Å². The summed E-state index contributed by atoms with van der Waals surface area (Å²) < 4.78 is 22.0. The second-order valence-corrected chi connectivity index (χ2v) is 8.51. The topological polar surface area (TPSA) is 78.9 Å². The number of carbonyl (C=O) groups excluding carboxylic acids is 1. The molecule has 0 spiro atoms. The maximum absolute atomic E-state index is 13.0. The molecule has 2 aromatic carbocycles. The van der Waals surface area contributed by atoms with Gasteiger partial charge < -0.3 is 24.3 Å². The van der Waals surface area contributed by atoms with Crippen LogP contribution in [0.25, 0.3) is 17.2 Å². The lowest BCUT2D eigenvalue weighted by Gasteiger charge is -2.13. The first-order valence-electron chi connectivity index (χ1n) is 11.5. The van der Waals surface area contributed by atoms with Gasteiger partial charge in [0, 0.05) is 6.20 Å². The van der Waals surface area contributed by atoms with Crippen molar-refractivity contribution in [3.63, 3.8) is 0 Å². The molecule has 0 radical (unpaired) electrons. The van der Waals surface area contributed by atoms with Crippen LogP contribution in [0, 0.1) is 6.92 Å². The van der Waals surface area contributed by atoms with Gasteiger partial charge in [-0.2, -0.15) is 0 Å². The minimum absolute atomic E-state index is 0.112. The summed E-state index contributed by atoms with van der Waals surface area (Å²) in [4.78, 5) is 17.2. The van der Waals surface area contributed by atoms with Crippen molar-refractivity contribution in [2.45, 2.75) is 20.3 Å². The summed E-state index contributed by atoms with van der Waals surface area (Å²) in [5.41, 5.74) is 7.53. The minimum Gasteiger partial charge on any atom is -0.497 e. The lowest BCUT2D eigenvalue weighted by Crippen LogP contribution is -2.12. The van der Waals surface area contributed by atoms with Crippen LogP contribution in [0.15, 0.2) is 54.4 Å². The monoisotopic (exact) mass is 486 g/mol. The van der Waals surface area contributed by atoms with Crippen molar-refractivity contribution in [2.75, 3.05) is 33.8 Å². The van der Waals surface area contributed by atoms with Gasteiger partial charge in [0.15, 0.2) is 11.5 Å². The fraction of sp³-hybridized carbons (Fsp3) is 0.241. The molecule has 3 aromatic rings. The molecule has 0 saturated carbocycles. The first-order chi connectivity index (χ1) is 17.4. The molecular formula is C29H30N2O5. The van der Waals surface area contributed by atoms with E-state index in [-0.39, 0.29) is 12.3 Å². The number of aromatic nitrogens is 1. The molecule has 0 atom stereocenters. The number of carbonyl (C=O) groups is 1. The number of aryl methyl sites for hydroxylation is 1. The van der Waals surface area contributed by atoms with Gasteiger partial charge in [0.05, 0.1) is 46.7 Å². The van der Waals surface area contributed by atoms with Gasteiger partial charge in [-0.1, -0.05) is 6.07 Å². The van der Waals surface area contributed by atoms with E-state index in [9.17, 15) is 4.79 Å². The number of anilines is 1. The van der Waals surface area contributed by atoms with Crippen molar-refractivity contribution in [2.24, 2.45) is 0 Å². The van der Waals surface area contributed by atoms with Crippen LogP contribution in [0.5, 0.6) is 23.0 Å². The molecule has 0 unspecified atom stereocenters. The molecule has 7 nitrogen and oxygen atoms in total. The molecule has 186 valence electrons. The summed E-state index contributed by atoms with van der Waals surface area (Å²) in [6, 6.07) is 11.6. The standard InChI is InChI=1S/C29H30N2O5/c1-17-9-20(16-30-15-17)31-28(32)14-24-18(2)23(22-8-7-21(33-3)13-25(22)24)10-19-11-26(34-4)29(36-6)27(12-19)35-5/h7-13,15-16H,14H2,1-6H3,(H,31,32). The summed E-state index contributed by atoms with van der Waals surface area (Å²) in [5, 5.41) is 2.96. The third-order valence-electron chi connectivity index (χ3n) is 6.19. The molecule has 0 fully saturated rings. The normalized spacial score (nSPS) is 13.4. The number of ether oxygens (including phenoxy) is 4. The molecule has 0 saturated heterocycles. The average molecular weight is 487 g/mol. The molecule has 1 aromatic heterocycles. The summed E-state index contributed by atoms with van der Waals surface area (Å²) in [5.74, 6) is 2.30. The van der Waals surface area contributed by atoms with Crippen molar-refractivity contribution in [3.05, 3.63) is 76.6 Å². The predicted molar refractivity (Wildman–Crippen MR) is 142 cm³/mol. The van der Waals surface area contributed by atoms with E-state index in [1.807, 2.05) is 50.2 Å². The van der Waals surface area contributed by atoms with E-state index in [2.05, 4.69) is 16.4 Å². The van der Waals surface area contributed by atoms with Crippen LogP contribution in [-0.4, -0.2) is 39.3 Å². The summed E-state index contributed by atoms with van der Waals surface area (Å²) in [6.07, 6.45) is 5.68. The van der Waals surface area contributed by atoms with Crippen molar-refractivity contribution >= 4 is 28.8 Å². The lowest BCUT2D eigenvalue weighted by atomic mass is 10.00. The van der Waals surface area contributed by atoms with Crippen molar-refractivity contribution in [1.82, 2.24) is 4.98 Å². The SMILES string of the molecule is COc1ccc2c(c1)C(CC(=O)Nc1cncc(C)c1)=C(C)C2=Cc1cc(OC)c(OC)c(OC)c1. The number of allylic oxidation sites excluding steroid dienone is 2. The highest BCUT2D eigenvalue weighted by molar-refractivity contribution is 6.10. The Morgan fingerprint density at radius 2 is 1.61 bits per heavy atom. The van der Waals surface area contributed by atoms with Crippen molar-refractivity contribution in [1.29, 1.82) is 0 Å². The number of amides is 1. The highest BCUT2D eigenvalue weighted by Gasteiger charge is 2.26. The molecule has 1 N–H and O–H groups in total. The smallest absolute Gasteiger partial charge is 0.228 e. The van der Waals surface area contributed by atoms with Gasteiger partial charge in [0.2, 0.25) is 11.7 Å². The molecule has 0 aliphatic heterocycles. The second kappa shape index (κ2) is 10.6. The maximum Gasteiger partial charge on any atom is 0.228 e. The number of rotatable bonds is 8. The van der Waals surface area contributed by atoms with E-state index < -0.39 is 0 Å². The van der Waals surface area contributed by atoms with Crippen molar-refractivity contribution < 1.29 is 23.7 Å². The summed E-state index contributed by atoms with van der Waals surface area (Å²) in [7, 11) is 6.40. The van der Waals surface area contributed by atoms with Crippen molar-refractivity contribution in [3.8, 4) is 23.0 Å². The van der Waals surface area contributed by atoms with E-state index in [4.69, 9.17) is 18.9 Å². The lowest BCUT2D eigenvalue weighted by molar-refractivity contribution is -0.115. The van der Waals surface area contributed by atoms with Gasteiger partial charge >= 0.3 is 0 Å². The van der Waals surface area contributed by atoms with Crippen LogP contribution >= 0.6 is 0 Å². The molecular weight excluding hydrogens is 456 g/mol. The summed E-state index contributed by atoms with van der Waals surface area (Å²) in [6.45, 7) is 3.97. The number of hydrogen-bond donors (Lipinski definition) is 1. The third-order valence-corrected chi connectivity index (χ3v) is 6.19. The molecule has 0 bridgehead atoms. The van der Waals surface area contributed by atoms with E-state index >= 15 is 0 Å². The maximum atomic E-state index is 13.0. The number of fused-ring (bicyclic) bond motifs is 1. The summed E-state index contributed by atoms with van der Waals surface area (Å²) >= 11 is 0. The number of methoxy groups -OCH3 is 4. The zero-order valence-corrected chi connectivity index (χ0v) is 21.4. The Bertz CT molecular complexity index is 1350. The average Bonchev–Trinajstić information content (AvgIpc) is 3.13. The van der Waals surface area contributed by atoms with E-state index in [1.165, 1.54) is 0 Å². The van der Waals surface area contributed by atoms with Crippen LogP contribution in [-0.2, 0) is 4.79 Å². The minimum atomic E-state index is -0.112. The van der Waals surface area contributed by atoms with Crippen LogP contribution < -0.4 is 24.3 Å². The molecule has 1 aliphatic carbocycles. The number of nitrogens with zero attached hydrogens (tertiary/aromatic N) is 1. The molecule has 1 aliphatic rings. The Balaban J connectivity index is 1.76. The molecule has 36 heavy (non-hydrogen) atoms. The number of nitrogens with one attached hydrogen (secondary N) is 1. The molecule has 7 heteroatoms. The Kier molecular flexibility index (Phi) is 7.29. The Morgan fingerprint density at radius 1 is 0.889 bits per heavy atom. The number of benzene rings is 2. The zero-order valence-electron chi connectivity index (χ0n) is 21.4. The zero-order chi connectivity index (χ0) is 25.8. The quantitative estimate of drug-likeness (QED) is 0.435. The first kappa shape index (κ1) is 24.9. The largest absolute Gasteiger partial charge is 0.497 e. The van der Waals surface area contributed by atoms with Crippen LogP contribution in [0.2, 0.25) is 0 Å². The van der Waals surface area contributed by atoms with Gasteiger partial charge in [-0.25, -0.2) is 0 Å². The van der Waals surface area contributed by atoms with Gasteiger partial charge in [0.1, 0.15) is 5.75 Å². The Hall–Kier alpha value is -4.26. The number of pyridine rings is 1. The second-order valence-electron chi connectivity index (χ2n) is 8.51. The highest BCUT2D eigenvalue weighted by atomic mass is 16.5. The van der Waals surface area contributed by atoms with Gasteiger partial charge in [-0.15, -0.1) is 0 Å². The van der Waals surface area contributed by atoms with E-state index in [1.54, 1.807) is 40.8 Å². The van der Waals surface area contributed by atoms with E-state index in [0.29, 0.717) is 22.9 Å². The Labute approximate surface area is 211 Å². The molecule has 1 amide bonds. The molecule has 4 rings (SSSR count). The van der Waals surface area contributed by atoms with E-state index in [0.717, 1.165) is 44.7 Å². The third kappa shape index (κ3) is 4.91. The first-order valence-corrected chi connectivity index (χ1v) is 11.5. The fourth-order valence-corrected chi connectivity index (χ4v) is 4.46. The Morgan fingerprint density at radius 3 is 2.22 bits per heavy atom. The van der Waals surface area contributed by atoms with Gasteiger partial charge in [-0.3, -0.25) is 9.78 Å².